The SMILES string of the molecule is COc1ccccc1OCCC1(C#N)CCCCCC1. The lowest BCUT2D eigenvalue weighted by Crippen LogP contribution is -2.21. The van der Waals surface area contributed by atoms with Crippen molar-refractivity contribution in [2.45, 2.75) is 44.9 Å². The third kappa shape index (κ3) is 3.66. The minimum atomic E-state index is -0.182. The molecule has 0 radical (unpaired) electrons. The summed E-state index contributed by atoms with van der Waals surface area (Å²) >= 11 is 0. The first-order chi connectivity index (χ1) is 9.79. The Kier molecular flexibility index (Phi) is 5.29. The molecule has 0 aromatic heterocycles. The molecule has 1 fully saturated rings. The summed E-state index contributed by atoms with van der Waals surface area (Å²) in [5, 5.41) is 9.53. The molecule has 20 heavy (non-hydrogen) atoms. The van der Waals surface area contributed by atoms with Gasteiger partial charge < -0.3 is 9.47 Å². The fourth-order valence-corrected chi connectivity index (χ4v) is 2.92. The Balaban J connectivity index is 1.92. The lowest BCUT2D eigenvalue weighted by molar-refractivity contribution is 0.217. The molecule has 3 nitrogen and oxygen atoms in total. The monoisotopic (exact) mass is 273 g/mol. The average molecular weight is 273 g/mol. The summed E-state index contributed by atoms with van der Waals surface area (Å²) in [5.41, 5.74) is -0.182. The van der Waals surface area contributed by atoms with Crippen molar-refractivity contribution < 1.29 is 9.47 Å². The van der Waals surface area contributed by atoms with Crippen molar-refractivity contribution >= 4 is 0 Å². The normalized spacial score (nSPS) is 17.8. The molecule has 0 N–H and O–H groups in total. The molecular formula is C17H23NO2. The van der Waals surface area contributed by atoms with Crippen molar-refractivity contribution in [3.63, 3.8) is 0 Å². The Morgan fingerprint density at radius 1 is 1.10 bits per heavy atom. The molecule has 0 heterocycles. The number of para-hydroxylation sites is 2. The summed E-state index contributed by atoms with van der Waals surface area (Å²) in [7, 11) is 1.64. The maximum absolute atomic E-state index is 9.53. The molecule has 3 heteroatoms. The molecule has 0 aliphatic heterocycles. The number of rotatable bonds is 5. The van der Waals surface area contributed by atoms with E-state index in [4.69, 9.17) is 9.47 Å². The van der Waals surface area contributed by atoms with E-state index >= 15 is 0 Å². The summed E-state index contributed by atoms with van der Waals surface area (Å²) in [4.78, 5) is 0. The van der Waals surface area contributed by atoms with E-state index in [1.807, 2.05) is 24.3 Å². The first-order valence-corrected chi connectivity index (χ1v) is 7.47. The second kappa shape index (κ2) is 7.19. The van der Waals surface area contributed by atoms with Crippen LogP contribution < -0.4 is 9.47 Å². The van der Waals surface area contributed by atoms with E-state index in [1.54, 1.807) is 7.11 Å². The number of methoxy groups -OCH3 is 1. The summed E-state index contributed by atoms with van der Waals surface area (Å²) in [6.07, 6.45) is 7.69. The second-order valence-electron chi connectivity index (χ2n) is 5.56. The van der Waals surface area contributed by atoms with Crippen LogP contribution in [-0.2, 0) is 0 Å². The minimum Gasteiger partial charge on any atom is -0.493 e. The van der Waals surface area contributed by atoms with Crippen molar-refractivity contribution in [2.24, 2.45) is 5.41 Å². The smallest absolute Gasteiger partial charge is 0.161 e. The summed E-state index contributed by atoms with van der Waals surface area (Å²) in [5.74, 6) is 1.51. The van der Waals surface area contributed by atoms with Crippen molar-refractivity contribution in [3.8, 4) is 17.6 Å². The molecule has 0 saturated heterocycles. The Bertz CT molecular complexity index is 456. The second-order valence-corrected chi connectivity index (χ2v) is 5.56. The zero-order valence-electron chi connectivity index (χ0n) is 12.2. The standard InChI is InChI=1S/C17H23NO2/c1-19-15-8-4-5-9-16(15)20-13-12-17(14-18)10-6-2-3-7-11-17/h4-5,8-9H,2-3,6-7,10-13H2,1H3. The van der Waals surface area contributed by atoms with Crippen LogP contribution >= 0.6 is 0 Å². The van der Waals surface area contributed by atoms with E-state index in [9.17, 15) is 5.26 Å². The molecule has 108 valence electrons. The van der Waals surface area contributed by atoms with Gasteiger partial charge in [0, 0.05) is 6.42 Å². The number of benzene rings is 1. The molecule has 1 aromatic rings. The van der Waals surface area contributed by atoms with E-state index in [0.717, 1.165) is 30.8 Å². The van der Waals surface area contributed by atoms with Gasteiger partial charge in [-0.3, -0.25) is 0 Å². The number of nitrogens with zero attached hydrogens (tertiary/aromatic N) is 1. The lowest BCUT2D eigenvalue weighted by atomic mass is 9.79. The average Bonchev–Trinajstić information content (AvgIpc) is 2.74. The highest BCUT2D eigenvalue weighted by molar-refractivity contribution is 5.39. The van der Waals surface area contributed by atoms with Crippen LogP contribution in [0.4, 0.5) is 0 Å². The molecule has 1 saturated carbocycles. The Labute approximate surface area is 121 Å². The highest BCUT2D eigenvalue weighted by Gasteiger charge is 2.30. The zero-order chi connectivity index (χ0) is 14.3. The van der Waals surface area contributed by atoms with Crippen molar-refractivity contribution in [3.05, 3.63) is 24.3 Å². The zero-order valence-corrected chi connectivity index (χ0v) is 12.2. The quantitative estimate of drug-likeness (QED) is 0.750. The minimum absolute atomic E-state index is 0.182. The van der Waals surface area contributed by atoms with E-state index in [0.29, 0.717) is 6.61 Å². The Hall–Kier alpha value is -1.69. The van der Waals surface area contributed by atoms with Crippen LogP contribution in [0.2, 0.25) is 0 Å². The van der Waals surface area contributed by atoms with E-state index in [-0.39, 0.29) is 5.41 Å². The molecule has 1 aliphatic carbocycles. The van der Waals surface area contributed by atoms with Gasteiger partial charge in [0.15, 0.2) is 11.5 Å². The van der Waals surface area contributed by atoms with Gasteiger partial charge in [-0.1, -0.05) is 37.8 Å². The maximum Gasteiger partial charge on any atom is 0.161 e. The molecule has 2 rings (SSSR count). The molecule has 0 atom stereocenters. The third-order valence-corrected chi connectivity index (χ3v) is 4.21. The van der Waals surface area contributed by atoms with Gasteiger partial charge in [-0.05, 0) is 25.0 Å². The fourth-order valence-electron chi connectivity index (χ4n) is 2.92. The highest BCUT2D eigenvalue weighted by atomic mass is 16.5. The number of nitriles is 1. The van der Waals surface area contributed by atoms with E-state index in [1.165, 1.54) is 25.7 Å². The van der Waals surface area contributed by atoms with Crippen molar-refractivity contribution in [1.29, 1.82) is 5.26 Å². The number of hydrogen-bond donors (Lipinski definition) is 0. The molecular weight excluding hydrogens is 250 g/mol. The Morgan fingerprint density at radius 2 is 1.75 bits per heavy atom. The van der Waals surface area contributed by atoms with Gasteiger partial charge in [-0.25, -0.2) is 0 Å². The molecule has 0 unspecified atom stereocenters. The van der Waals surface area contributed by atoms with Crippen LogP contribution in [0.25, 0.3) is 0 Å². The van der Waals surface area contributed by atoms with Gasteiger partial charge in [-0.2, -0.15) is 5.26 Å². The van der Waals surface area contributed by atoms with Crippen molar-refractivity contribution in [2.75, 3.05) is 13.7 Å². The van der Waals surface area contributed by atoms with Gasteiger partial charge >= 0.3 is 0 Å². The van der Waals surface area contributed by atoms with Crippen LogP contribution in [0.15, 0.2) is 24.3 Å². The van der Waals surface area contributed by atoms with Gasteiger partial charge in [0.05, 0.1) is 25.2 Å². The van der Waals surface area contributed by atoms with Gasteiger partial charge in [0.1, 0.15) is 0 Å². The van der Waals surface area contributed by atoms with Gasteiger partial charge in [0.2, 0.25) is 0 Å². The molecule has 0 bridgehead atoms. The maximum atomic E-state index is 9.53. The summed E-state index contributed by atoms with van der Waals surface area (Å²) < 4.78 is 11.1. The van der Waals surface area contributed by atoms with E-state index < -0.39 is 0 Å². The lowest BCUT2D eigenvalue weighted by Gasteiger charge is -2.24. The fraction of sp³-hybridized carbons (Fsp3) is 0.588. The predicted molar refractivity (Wildman–Crippen MR) is 78.9 cm³/mol. The van der Waals surface area contributed by atoms with Crippen molar-refractivity contribution in [1.82, 2.24) is 0 Å². The summed E-state index contributed by atoms with van der Waals surface area (Å²) in [6.45, 7) is 0.577. The third-order valence-electron chi connectivity index (χ3n) is 4.21. The molecule has 0 amide bonds. The van der Waals surface area contributed by atoms with Crippen LogP contribution in [0.1, 0.15) is 44.9 Å². The van der Waals surface area contributed by atoms with Crippen LogP contribution in [0, 0.1) is 16.7 Å². The molecule has 1 aliphatic rings. The first-order valence-electron chi connectivity index (χ1n) is 7.47. The van der Waals surface area contributed by atoms with Crippen LogP contribution in [0.5, 0.6) is 11.5 Å². The molecule has 0 spiro atoms. The van der Waals surface area contributed by atoms with Crippen LogP contribution in [-0.4, -0.2) is 13.7 Å². The number of hydrogen-bond acceptors (Lipinski definition) is 3. The van der Waals surface area contributed by atoms with Gasteiger partial charge in [0.25, 0.3) is 0 Å². The molecule has 1 aromatic carbocycles. The topological polar surface area (TPSA) is 42.2 Å². The number of ether oxygens (including phenoxy) is 2. The van der Waals surface area contributed by atoms with Crippen LogP contribution in [0.3, 0.4) is 0 Å². The predicted octanol–water partition coefficient (Wildman–Crippen LogP) is 4.33. The Morgan fingerprint density at radius 3 is 2.35 bits per heavy atom. The largest absolute Gasteiger partial charge is 0.493 e. The van der Waals surface area contributed by atoms with E-state index in [2.05, 4.69) is 6.07 Å². The highest BCUT2D eigenvalue weighted by Crippen LogP contribution is 2.38. The first kappa shape index (κ1) is 14.7. The van der Waals surface area contributed by atoms with Gasteiger partial charge in [-0.15, -0.1) is 0 Å². The summed E-state index contributed by atoms with van der Waals surface area (Å²) in [6, 6.07) is 10.2.